The third kappa shape index (κ3) is 3.94. The van der Waals surface area contributed by atoms with Crippen molar-refractivity contribution in [3.63, 3.8) is 0 Å². The van der Waals surface area contributed by atoms with Crippen molar-refractivity contribution in [2.24, 2.45) is 5.92 Å². The highest BCUT2D eigenvalue weighted by Gasteiger charge is 2.30. The van der Waals surface area contributed by atoms with E-state index in [0.717, 1.165) is 49.4 Å². The lowest BCUT2D eigenvalue weighted by molar-refractivity contribution is -0.123. The summed E-state index contributed by atoms with van der Waals surface area (Å²) in [6.07, 6.45) is 5.95. The number of aryl methyl sites for hydroxylation is 1. The van der Waals surface area contributed by atoms with Crippen LogP contribution in [-0.2, 0) is 17.6 Å². The van der Waals surface area contributed by atoms with Gasteiger partial charge in [-0.05, 0) is 68.2 Å². The molecule has 1 fully saturated rings. The minimum absolute atomic E-state index is 0.00412. The summed E-state index contributed by atoms with van der Waals surface area (Å²) in [6, 6.07) is 14.2. The van der Waals surface area contributed by atoms with E-state index in [9.17, 15) is 9.59 Å². The molecule has 35 heavy (non-hydrogen) atoms. The van der Waals surface area contributed by atoms with Gasteiger partial charge in [0.1, 0.15) is 16.7 Å². The van der Waals surface area contributed by atoms with E-state index in [1.807, 2.05) is 22.8 Å². The second-order valence-electron chi connectivity index (χ2n) is 10.1. The molecule has 6 nitrogen and oxygen atoms in total. The summed E-state index contributed by atoms with van der Waals surface area (Å²) in [7, 11) is 0. The number of rotatable bonds is 4. The van der Waals surface area contributed by atoms with Crippen LogP contribution in [0.15, 0.2) is 51.8 Å². The number of nitrogens with one attached hydrogen (secondary N) is 1. The zero-order valence-corrected chi connectivity index (χ0v) is 20.5. The Bertz CT molecular complexity index is 1480. The van der Waals surface area contributed by atoms with Gasteiger partial charge in [0, 0.05) is 23.9 Å². The van der Waals surface area contributed by atoms with Crippen LogP contribution in [0.25, 0.3) is 21.8 Å². The maximum atomic E-state index is 13.6. The van der Waals surface area contributed by atoms with Gasteiger partial charge in [0.25, 0.3) is 5.56 Å². The fourth-order valence-electron chi connectivity index (χ4n) is 6.23. The van der Waals surface area contributed by atoms with Gasteiger partial charge in [-0.15, -0.1) is 0 Å². The molecular formula is C28H28ClN3O3. The van der Waals surface area contributed by atoms with Crippen LogP contribution in [0.5, 0.6) is 0 Å². The molecule has 0 saturated heterocycles. The van der Waals surface area contributed by atoms with E-state index < -0.39 is 0 Å². The van der Waals surface area contributed by atoms with E-state index >= 15 is 0 Å². The molecule has 2 aromatic carbocycles. The summed E-state index contributed by atoms with van der Waals surface area (Å²) in [5.74, 6) is 0.849. The topological polar surface area (TPSA) is 77.1 Å². The average Bonchev–Trinajstić information content (AvgIpc) is 3.42. The van der Waals surface area contributed by atoms with Crippen molar-refractivity contribution in [2.45, 2.75) is 64.0 Å². The first-order valence-electron chi connectivity index (χ1n) is 12.4. The van der Waals surface area contributed by atoms with E-state index in [2.05, 4.69) is 34.7 Å². The Morgan fingerprint density at radius 3 is 2.66 bits per heavy atom. The fraction of sp³-hybridized carbons (Fsp3) is 0.393. The Morgan fingerprint density at radius 1 is 1.11 bits per heavy atom. The van der Waals surface area contributed by atoms with Crippen LogP contribution >= 0.6 is 11.6 Å². The van der Waals surface area contributed by atoms with Crippen molar-refractivity contribution in [1.82, 2.24) is 15.0 Å². The first-order chi connectivity index (χ1) is 17.0. The zero-order valence-electron chi connectivity index (χ0n) is 19.7. The molecule has 7 heteroatoms. The van der Waals surface area contributed by atoms with E-state index in [1.165, 1.54) is 11.1 Å². The summed E-state index contributed by atoms with van der Waals surface area (Å²) in [6.45, 7) is 1.76. The number of hydrogen-bond acceptors (Lipinski definition) is 4. The normalized spacial score (nSPS) is 20.4. The van der Waals surface area contributed by atoms with Gasteiger partial charge in [0.05, 0.1) is 10.5 Å². The molecule has 2 unspecified atom stereocenters. The van der Waals surface area contributed by atoms with Crippen molar-refractivity contribution >= 4 is 39.3 Å². The van der Waals surface area contributed by atoms with Crippen molar-refractivity contribution in [3.05, 3.63) is 74.7 Å². The number of pyridine rings is 1. The van der Waals surface area contributed by atoms with Gasteiger partial charge in [-0.25, -0.2) is 0 Å². The number of nitrogens with zero attached hydrogens (tertiary/aromatic N) is 2. The van der Waals surface area contributed by atoms with E-state index in [-0.39, 0.29) is 29.5 Å². The molecule has 4 aromatic rings. The first-order valence-corrected chi connectivity index (χ1v) is 12.8. The summed E-state index contributed by atoms with van der Waals surface area (Å²) in [5.41, 5.74) is 3.88. The largest absolute Gasteiger partial charge is 0.360 e. The average molecular weight is 490 g/mol. The second-order valence-corrected chi connectivity index (χ2v) is 10.5. The van der Waals surface area contributed by atoms with Gasteiger partial charge >= 0.3 is 0 Å². The van der Waals surface area contributed by atoms with E-state index in [1.54, 1.807) is 6.92 Å². The Morgan fingerprint density at radius 2 is 1.89 bits per heavy atom. The van der Waals surface area contributed by atoms with Gasteiger partial charge in [-0.3, -0.25) is 9.59 Å². The first kappa shape index (κ1) is 22.4. The van der Waals surface area contributed by atoms with E-state index in [0.29, 0.717) is 28.1 Å². The SMILES string of the molecule is Cc1onc2c1c(=O)n(C1CCCC(CC(=O)NC3Cc4ccccc4C3)C1)c1cccc(Cl)c21. The molecule has 1 saturated carbocycles. The minimum Gasteiger partial charge on any atom is -0.360 e. The van der Waals surface area contributed by atoms with Gasteiger partial charge in [0.2, 0.25) is 5.91 Å². The number of aromatic nitrogens is 2. The van der Waals surface area contributed by atoms with Crippen molar-refractivity contribution < 1.29 is 9.32 Å². The Labute approximate surface area is 208 Å². The summed E-state index contributed by atoms with van der Waals surface area (Å²) in [4.78, 5) is 26.6. The molecule has 0 bridgehead atoms. The fourth-order valence-corrected chi connectivity index (χ4v) is 6.49. The molecule has 0 aliphatic heterocycles. The monoisotopic (exact) mass is 489 g/mol. The number of carbonyl (C=O) groups excluding carboxylic acids is 1. The zero-order chi connectivity index (χ0) is 24.1. The van der Waals surface area contributed by atoms with Gasteiger partial charge in [-0.1, -0.05) is 53.5 Å². The van der Waals surface area contributed by atoms with Crippen molar-refractivity contribution in [2.75, 3.05) is 0 Å². The third-order valence-electron chi connectivity index (χ3n) is 7.79. The van der Waals surface area contributed by atoms with Crippen molar-refractivity contribution in [3.8, 4) is 0 Å². The van der Waals surface area contributed by atoms with Crippen LogP contribution < -0.4 is 10.9 Å². The smallest absolute Gasteiger partial charge is 0.264 e. The van der Waals surface area contributed by atoms with Crippen LogP contribution in [0.2, 0.25) is 5.02 Å². The lowest BCUT2D eigenvalue weighted by Gasteiger charge is -2.31. The molecule has 2 aliphatic carbocycles. The molecule has 2 aromatic heterocycles. The molecule has 0 radical (unpaired) electrons. The molecule has 2 aliphatic rings. The molecule has 0 spiro atoms. The number of halogens is 1. The minimum atomic E-state index is -0.0904. The van der Waals surface area contributed by atoms with Crippen LogP contribution in [0.1, 0.15) is 55.0 Å². The van der Waals surface area contributed by atoms with Crippen LogP contribution in [-0.4, -0.2) is 21.7 Å². The number of benzene rings is 2. The van der Waals surface area contributed by atoms with Crippen LogP contribution in [0.3, 0.4) is 0 Å². The Hall–Kier alpha value is -3.12. The lowest BCUT2D eigenvalue weighted by Crippen LogP contribution is -2.37. The van der Waals surface area contributed by atoms with Crippen LogP contribution in [0, 0.1) is 12.8 Å². The number of fused-ring (bicyclic) bond motifs is 4. The molecule has 1 amide bonds. The third-order valence-corrected chi connectivity index (χ3v) is 8.11. The second kappa shape index (κ2) is 8.83. The highest BCUT2D eigenvalue weighted by Crippen LogP contribution is 2.38. The standard InChI is InChI=1S/C28H28ClN3O3/c1-16-25-27(31-35-16)26-22(29)10-5-11-23(26)32(28(25)34)21-9-4-6-17(12-21)13-24(33)30-20-14-18-7-2-3-8-19(18)15-20/h2-3,5,7-8,10-11,17,20-21H,4,6,9,12-15H2,1H3,(H,30,33). The van der Waals surface area contributed by atoms with Crippen LogP contribution in [0.4, 0.5) is 0 Å². The number of carbonyl (C=O) groups is 1. The van der Waals surface area contributed by atoms with Crippen molar-refractivity contribution in [1.29, 1.82) is 0 Å². The molecule has 6 rings (SSSR count). The Balaban J connectivity index is 1.24. The summed E-state index contributed by atoms with van der Waals surface area (Å²) >= 11 is 6.57. The highest BCUT2D eigenvalue weighted by molar-refractivity contribution is 6.37. The molecule has 1 N–H and O–H groups in total. The maximum Gasteiger partial charge on any atom is 0.264 e. The predicted molar refractivity (Wildman–Crippen MR) is 137 cm³/mol. The van der Waals surface area contributed by atoms with E-state index in [4.69, 9.17) is 16.1 Å². The summed E-state index contributed by atoms with van der Waals surface area (Å²) < 4.78 is 7.27. The quantitative estimate of drug-likeness (QED) is 0.410. The lowest BCUT2D eigenvalue weighted by atomic mass is 9.83. The van der Waals surface area contributed by atoms with Gasteiger partial charge < -0.3 is 14.4 Å². The highest BCUT2D eigenvalue weighted by atomic mass is 35.5. The molecule has 180 valence electrons. The predicted octanol–water partition coefficient (Wildman–Crippen LogP) is 5.51. The summed E-state index contributed by atoms with van der Waals surface area (Å²) in [5, 5.41) is 9.20. The molecule has 2 heterocycles. The number of amides is 1. The molecule has 2 atom stereocenters. The Kier molecular flexibility index (Phi) is 5.64. The van der Waals surface area contributed by atoms with Gasteiger partial charge in [-0.2, -0.15) is 0 Å². The number of hydrogen-bond donors (Lipinski definition) is 1. The van der Waals surface area contributed by atoms with Gasteiger partial charge in [0.15, 0.2) is 0 Å². The maximum absolute atomic E-state index is 13.6. The molecular weight excluding hydrogens is 462 g/mol.